The average molecular weight is 244 g/mol. The van der Waals surface area contributed by atoms with E-state index < -0.39 is 0 Å². The number of fused-ring (bicyclic) bond motifs is 3. The molecule has 0 amide bonds. The van der Waals surface area contributed by atoms with Crippen LogP contribution in [0.3, 0.4) is 0 Å². The molecule has 18 heavy (non-hydrogen) atoms. The van der Waals surface area contributed by atoms with E-state index in [1.165, 1.54) is 30.5 Å². The third kappa shape index (κ3) is 1.28. The predicted octanol–water partition coefficient (Wildman–Crippen LogP) is 1.67. The molecule has 1 saturated carbocycles. The van der Waals surface area contributed by atoms with Gasteiger partial charge in [0.25, 0.3) is 0 Å². The molecular weight excluding hydrogens is 228 g/mol. The molecule has 2 aromatic rings. The highest BCUT2D eigenvalue weighted by molar-refractivity contribution is 5.59. The Morgan fingerprint density at radius 3 is 3.06 bits per heavy atom. The van der Waals surface area contributed by atoms with E-state index in [1.807, 2.05) is 0 Å². The van der Waals surface area contributed by atoms with E-state index in [0.717, 1.165) is 24.0 Å². The van der Waals surface area contributed by atoms with Crippen molar-refractivity contribution >= 4 is 0 Å². The zero-order valence-electron chi connectivity index (χ0n) is 10.3. The molecule has 0 spiro atoms. The van der Waals surface area contributed by atoms with Crippen molar-refractivity contribution in [3.8, 4) is 11.5 Å². The lowest BCUT2D eigenvalue weighted by molar-refractivity contribution is 0.590. The summed E-state index contributed by atoms with van der Waals surface area (Å²) >= 11 is 0. The molecule has 0 bridgehead atoms. The summed E-state index contributed by atoms with van der Waals surface area (Å²) in [7, 11) is 0. The fourth-order valence-electron chi connectivity index (χ4n) is 3.51. The van der Waals surface area contributed by atoms with Crippen molar-refractivity contribution in [2.45, 2.75) is 38.5 Å². The SMILES string of the molecule is CCCC[C@H]1[C@@H]2Cc3c(n[nH]c3-c3nn[nH]n3)[C@H]12. The maximum Gasteiger partial charge on any atom is 0.222 e. The van der Waals surface area contributed by atoms with Crippen molar-refractivity contribution in [1.82, 2.24) is 30.8 Å². The second kappa shape index (κ2) is 3.63. The summed E-state index contributed by atoms with van der Waals surface area (Å²) in [6, 6.07) is 0. The Morgan fingerprint density at radius 1 is 1.33 bits per heavy atom. The lowest BCUT2D eigenvalue weighted by atomic mass is 10.0. The molecule has 0 saturated heterocycles. The van der Waals surface area contributed by atoms with Crippen LogP contribution in [0.15, 0.2) is 0 Å². The number of aromatic amines is 2. The molecule has 2 aliphatic carbocycles. The summed E-state index contributed by atoms with van der Waals surface area (Å²) < 4.78 is 0. The van der Waals surface area contributed by atoms with Gasteiger partial charge in [-0.05, 0) is 29.9 Å². The summed E-state index contributed by atoms with van der Waals surface area (Å²) in [6.07, 6.45) is 5.12. The number of tetrazole rings is 1. The van der Waals surface area contributed by atoms with Crippen molar-refractivity contribution in [3.63, 3.8) is 0 Å². The highest BCUT2D eigenvalue weighted by Crippen LogP contribution is 2.63. The topological polar surface area (TPSA) is 83.1 Å². The Kier molecular flexibility index (Phi) is 2.06. The maximum atomic E-state index is 4.49. The van der Waals surface area contributed by atoms with Crippen LogP contribution in [0.25, 0.3) is 11.5 Å². The quantitative estimate of drug-likeness (QED) is 0.856. The zero-order valence-corrected chi connectivity index (χ0v) is 10.3. The van der Waals surface area contributed by atoms with Crippen molar-refractivity contribution in [2.75, 3.05) is 0 Å². The second-order valence-corrected chi connectivity index (χ2v) is 5.40. The average Bonchev–Trinajstić information content (AvgIpc) is 2.86. The summed E-state index contributed by atoms with van der Waals surface area (Å²) in [6.45, 7) is 2.26. The molecule has 6 heteroatoms. The number of hydrogen-bond donors (Lipinski definition) is 2. The third-order valence-corrected chi connectivity index (χ3v) is 4.45. The second-order valence-electron chi connectivity index (χ2n) is 5.40. The minimum Gasteiger partial charge on any atom is -0.274 e. The first-order valence-corrected chi connectivity index (χ1v) is 6.71. The van der Waals surface area contributed by atoms with Crippen LogP contribution in [0.4, 0.5) is 0 Å². The van der Waals surface area contributed by atoms with Gasteiger partial charge in [-0.25, -0.2) is 0 Å². The Morgan fingerprint density at radius 2 is 2.28 bits per heavy atom. The van der Waals surface area contributed by atoms with Crippen LogP contribution in [0.5, 0.6) is 0 Å². The first-order chi connectivity index (χ1) is 8.90. The molecular formula is C12H16N6. The van der Waals surface area contributed by atoms with Gasteiger partial charge in [0.05, 0.1) is 5.69 Å². The fourth-order valence-corrected chi connectivity index (χ4v) is 3.51. The van der Waals surface area contributed by atoms with Crippen molar-refractivity contribution in [1.29, 1.82) is 0 Å². The van der Waals surface area contributed by atoms with Gasteiger partial charge in [0.2, 0.25) is 5.82 Å². The molecule has 0 radical (unpaired) electrons. The minimum atomic E-state index is 0.634. The van der Waals surface area contributed by atoms with Crippen LogP contribution in [-0.2, 0) is 6.42 Å². The summed E-state index contributed by atoms with van der Waals surface area (Å²) in [5.41, 5.74) is 3.54. The molecule has 2 aromatic heterocycles. The van der Waals surface area contributed by atoms with E-state index in [4.69, 9.17) is 0 Å². The van der Waals surface area contributed by atoms with E-state index in [9.17, 15) is 0 Å². The van der Waals surface area contributed by atoms with Gasteiger partial charge < -0.3 is 0 Å². The van der Waals surface area contributed by atoms with Gasteiger partial charge in [0.15, 0.2) is 0 Å². The third-order valence-electron chi connectivity index (χ3n) is 4.45. The van der Waals surface area contributed by atoms with E-state index in [0.29, 0.717) is 11.7 Å². The minimum absolute atomic E-state index is 0.634. The maximum absolute atomic E-state index is 4.49. The molecule has 2 heterocycles. The number of nitrogens with zero attached hydrogens (tertiary/aromatic N) is 4. The Bertz CT molecular complexity index is 557. The largest absolute Gasteiger partial charge is 0.274 e. The van der Waals surface area contributed by atoms with Gasteiger partial charge in [-0.15, -0.1) is 10.2 Å². The molecule has 3 atom stereocenters. The van der Waals surface area contributed by atoms with Crippen molar-refractivity contribution < 1.29 is 0 Å². The van der Waals surface area contributed by atoms with Gasteiger partial charge in [-0.2, -0.15) is 10.3 Å². The number of hydrogen-bond acceptors (Lipinski definition) is 4. The molecule has 6 nitrogen and oxygen atoms in total. The molecule has 0 aliphatic heterocycles. The van der Waals surface area contributed by atoms with Crippen molar-refractivity contribution in [3.05, 3.63) is 11.3 Å². The highest BCUT2D eigenvalue weighted by atomic mass is 15.5. The fraction of sp³-hybridized carbons (Fsp3) is 0.667. The standard InChI is InChI=1S/C12H16N6/c1-2-3-4-6-7-5-8-10(9(6)7)13-14-11(8)12-15-17-18-16-12/h6-7,9H,2-5H2,1H3,(H,13,14)(H,15,16,17,18)/t6-,7-,9+/m0/s1. The number of nitrogens with one attached hydrogen (secondary N) is 2. The summed E-state index contributed by atoms with van der Waals surface area (Å²) in [4.78, 5) is 0. The molecule has 0 unspecified atom stereocenters. The Hall–Kier alpha value is -1.72. The van der Waals surface area contributed by atoms with Gasteiger partial charge in [-0.3, -0.25) is 5.10 Å². The Balaban J connectivity index is 1.60. The van der Waals surface area contributed by atoms with Crippen LogP contribution < -0.4 is 0 Å². The van der Waals surface area contributed by atoms with Crippen LogP contribution in [-0.4, -0.2) is 30.8 Å². The van der Waals surface area contributed by atoms with Crippen LogP contribution >= 0.6 is 0 Å². The van der Waals surface area contributed by atoms with Gasteiger partial charge in [0, 0.05) is 11.5 Å². The summed E-state index contributed by atoms with van der Waals surface area (Å²) in [5.74, 6) is 3.03. The molecule has 2 aliphatic rings. The smallest absolute Gasteiger partial charge is 0.222 e. The van der Waals surface area contributed by atoms with E-state index >= 15 is 0 Å². The first kappa shape index (κ1) is 10.2. The number of rotatable bonds is 4. The molecule has 0 aromatic carbocycles. The van der Waals surface area contributed by atoms with Crippen LogP contribution in [0, 0.1) is 11.8 Å². The summed E-state index contributed by atoms with van der Waals surface area (Å²) in [5, 5.41) is 21.7. The van der Waals surface area contributed by atoms with Crippen LogP contribution in [0.1, 0.15) is 43.4 Å². The van der Waals surface area contributed by atoms with Crippen molar-refractivity contribution in [2.24, 2.45) is 11.8 Å². The first-order valence-electron chi connectivity index (χ1n) is 6.71. The van der Waals surface area contributed by atoms with E-state index in [-0.39, 0.29) is 0 Å². The van der Waals surface area contributed by atoms with E-state index in [1.54, 1.807) is 0 Å². The van der Waals surface area contributed by atoms with E-state index in [2.05, 4.69) is 37.7 Å². The highest BCUT2D eigenvalue weighted by Gasteiger charge is 2.57. The Labute approximate surface area is 105 Å². The zero-order chi connectivity index (χ0) is 12.1. The lowest BCUT2D eigenvalue weighted by Crippen LogP contribution is -1.94. The lowest BCUT2D eigenvalue weighted by Gasteiger charge is -2.02. The van der Waals surface area contributed by atoms with Crippen LogP contribution in [0.2, 0.25) is 0 Å². The van der Waals surface area contributed by atoms with Gasteiger partial charge in [0.1, 0.15) is 5.69 Å². The monoisotopic (exact) mass is 244 g/mol. The molecule has 2 N–H and O–H groups in total. The number of aromatic nitrogens is 6. The predicted molar refractivity (Wildman–Crippen MR) is 64.7 cm³/mol. The number of unbranched alkanes of at least 4 members (excludes halogenated alkanes) is 1. The van der Waals surface area contributed by atoms with Gasteiger partial charge in [-0.1, -0.05) is 19.8 Å². The molecule has 4 rings (SSSR count). The van der Waals surface area contributed by atoms with Gasteiger partial charge >= 0.3 is 0 Å². The molecule has 1 fully saturated rings. The number of H-pyrrole nitrogens is 2. The molecule has 94 valence electrons. The normalized spacial score (nSPS) is 28.2.